The molecule has 1 N–H and O–H groups in total. The molecule has 1 amide bonds. The van der Waals surface area contributed by atoms with Gasteiger partial charge in [0.15, 0.2) is 5.76 Å². The first-order valence-electron chi connectivity index (χ1n) is 7.45. The van der Waals surface area contributed by atoms with Crippen LogP contribution < -0.4 is 5.32 Å². The van der Waals surface area contributed by atoms with Crippen molar-refractivity contribution in [2.24, 2.45) is 0 Å². The predicted octanol–water partition coefficient (Wildman–Crippen LogP) is 4.52. The number of carbonyl (C=O) groups excluding carboxylic acids is 1. The van der Waals surface area contributed by atoms with Gasteiger partial charge >= 0.3 is 0 Å². The van der Waals surface area contributed by atoms with Crippen LogP contribution in [0.5, 0.6) is 0 Å². The van der Waals surface area contributed by atoms with E-state index < -0.39 is 0 Å². The molecule has 1 aromatic carbocycles. The second-order valence-corrected chi connectivity index (χ2v) is 5.58. The van der Waals surface area contributed by atoms with Crippen molar-refractivity contribution in [1.29, 1.82) is 0 Å². The summed E-state index contributed by atoms with van der Waals surface area (Å²) >= 11 is 0. The van der Waals surface area contributed by atoms with Gasteiger partial charge in [0.2, 0.25) is 0 Å². The Morgan fingerprint density at radius 2 is 1.83 bits per heavy atom. The fourth-order valence-corrected chi connectivity index (χ4v) is 2.30. The number of furan rings is 1. The summed E-state index contributed by atoms with van der Waals surface area (Å²) in [6.45, 7) is 5.99. The van der Waals surface area contributed by atoms with Crippen LogP contribution in [0.4, 0.5) is 5.82 Å². The predicted molar refractivity (Wildman–Crippen MR) is 90.5 cm³/mol. The molecule has 0 aliphatic heterocycles. The number of aryl methyl sites for hydroxylation is 3. The molecule has 0 saturated carbocycles. The Balaban J connectivity index is 1.81. The van der Waals surface area contributed by atoms with E-state index in [-0.39, 0.29) is 11.7 Å². The van der Waals surface area contributed by atoms with Crippen molar-refractivity contribution in [3.63, 3.8) is 0 Å². The summed E-state index contributed by atoms with van der Waals surface area (Å²) in [5, 5.41) is 2.74. The van der Waals surface area contributed by atoms with Gasteiger partial charge in [0.25, 0.3) is 5.91 Å². The number of amides is 1. The number of carbonyl (C=O) groups is 1. The van der Waals surface area contributed by atoms with Gasteiger partial charge in [-0.05, 0) is 62.2 Å². The Kier molecular flexibility index (Phi) is 3.98. The van der Waals surface area contributed by atoms with Gasteiger partial charge in [-0.3, -0.25) is 4.79 Å². The minimum absolute atomic E-state index is 0.265. The van der Waals surface area contributed by atoms with Gasteiger partial charge in [-0.2, -0.15) is 0 Å². The molecule has 0 saturated heterocycles. The van der Waals surface area contributed by atoms with Crippen LogP contribution in [0.2, 0.25) is 0 Å². The third kappa shape index (κ3) is 3.31. The normalized spacial score (nSPS) is 10.6. The quantitative estimate of drug-likeness (QED) is 0.774. The summed E-state index contributed by atoms with van der Waals surface area (Å²) in [7, 11) is 0. The molecular weight excluding hydrogens is 288 g/mol. The Bertz CT molecular complexity index is 865. The summed E-state index contributed by atoms with van der Waals surface area (Å²) in [6, 6.07) is 15.0. The standard InChI is InChI=1S/C19H18N2O2/c1-12-7-8-15(11-13(12)2)16-9-10-17(23-16)19(22)21-18-6-4-5-14(3)20-18/h4-11H,1-3H3,(H,20,21,22). The zero-order valence-electron chi connectivity index (χ0n) is 13.4. The summed E-state index contributed by atoms with van der Waals surface area (Å²) in [4.78, 5) is 16.5. The highest BCUT2D eigenvalue weighted by Gasteiger charge is 2.13. The minimum Gasteiger partial charge on any atom is -0.451 e. The number of aromatic nitrogens is 1. The highest BCUT2D eigenvalue weighted by molar-refractivity contribution is 6.02. The average Bonchev–Trinajstić information content (AvgIpc) is 3.00. The van der Waals surface area contributed by atoms with Crippen molar-refractivity contribution < 1.29 is 9.21 Å². The molecule has 116 valence electrons. The molecule has 0 aliphatic carbocycles. The van der Waals surface area contributed by atoms with Crippen LogP contribution in [0.1, 0.15) is 27.4 Å². The lowest BCUT2D eigenvalue weighted by molar-refractivity contribution is 0.0997. The third-order valence-electron chi connectivity index (χ3n) is 3.75. The molecule has 0 radical (unpaired) electrons. The van der Waals surface area contributed by atoms with E-state index in [0.29, 0.717) is 11.6 Å². The van der Waals surface area contributed by atoms with Crippen molar-refractivity contribution in [1.82, 2.24) is 4.98 Å². The van der Waals surface area contributed by atoms with Gasteiger partial charge in [-0.15, -0.1) is 0 Å². The number of nitrogens with one attached hydrogen (secondary N) is 1. The lowest BCUT2D eigenvalue weighted by Crippen LogP contribution is -2.12. The van der Waals surface area contributed by atoms with E-state index in [0.717, 1.165) is 11.3 Å². The van der Waals surface area contributed by atoms with Crippen LogP contribution in [-0.4, -0.2) is 10.9 Å². The number of pyridine rings is 1. The van der Waals surface area contributed by atoms with Crippen LogP contribution >= 0.6 is 0 Å². The van der Waals surface area contributed by atoms with Crippen molar-refractivity contribution in [2.45, 2.75) is 20.8 Å². The topological polar surface area (TPSA) is 55.1 Å². The zero-order valence-corrected chi connectivity index (χ0v) is 13.4. The monoisotopic (exact) mass is 306 g/mol. The van der Waals surface area contributed by atoms with Gasteiger partial charge in [-0.1, -0.05) is 18.2 Å². The Morgan fingerprint density at radius 1 is 1.00 bits per heavy atom. The molecule has 0 fully saturated rings. The first-order chi connectivity index (χ1) is 11.0. The number of hydrogen-bond donors (Lipinski definition) is 1. The van der Waals surface area contributed by atoms with Crippen molar-refractivity contribution in [3.05, 3.63) is 71.1 Å². The fraction of sp³-hybridized carbons (Fsp3) is 0.158. The number of benzene rings is 1. The van der Waals surface area contributed by atoms with Gasteiger partial charge in [-0.25, -0.2) is 4.98 Å². The molecule has 2 aromatic heterocycles. The maximum atomic E-state index is 12.2. The van der Waals surface area contributed by atoms with E-state index in [1.165, 1.54) is 11.1 Å². The van der Waals surface area contributed by atoms with Gasteiger partial charge < -0.3 is 9.73 Å². The summed E-state index contributed by atoms with van der Waals surface area (Å²) in [6.07, 6.45) is 0. The second-order valence-electron chi connectivity index (χ2n) is 5.58. The molecule has 0 bridgehead atoms. The number of anilines is 1. The summed E-state index contributed by atoms with van der Waals surface area (Å²) < 4.78 is 5.69. The number of nitrogens with zero attached hydrogens (tertiary/aromatic N) is 1. The van der Waals surface area contributed by atoms with E-state index in [4.69, 9.17) is 4.42 Å². The Morgan fingerprint density at radius 3 is 2.57 bits per heavy atom. The Hall–Kier alpha value is -2.88. The lowest BCUT2D eigenvalue weighted by Gasteiger charge is -2.04. The number of rotatable bonds is 3. The maximum absolute atomic E-state index is 12.2. The van der Waals surface area contributed by atoms with Gasteiger partial charge in [0.05, 0.1) is 0 Å². The van der Waals surface area contributed by atoms with E-state index in [1.54, 1.807) is 12.1 Å². The Labute approximate surface area is 135 Å². The molecule has 3 aromatic rings. The van der Waals surface area contributed by atoms with E-state index in [2.05, 4.69) is 30.2 Å². The highest BCUT2D eigenvalue weighted by Crippen LogP contribution is 2.24. The van der Waals surface area contributed by atoms with Crippen molar-refractivity contribution in [3.8, 4) is 11.3 Å². The van der Waals surface area contributed by atoms with Gasteiger partial charge in [0.1, 0.15) is 11.6 Å². The first-order valence-corrected chi connectivity index (χ1v) is 7.45. The molecule has 2 heterocycles. The van der Waals surface area contributed by atoms with E-state index >= 15 is 0 Å². The summed E-state index contributed by atoms with van der Waals surface area (Å²) in [5.41, 5.74) is 4.22. The molecular formula is C19H18N2O2. The molecule has 0 aliphatic rings. The molecule has 23 heavy (non-hydrogen) atoms. The van der Waals surface area contributed by atoms with Crippen LogP contribution in [0.3, 0.4) is 0 Å². The van der Waals surface area contributed by atoms with E-state index in [1.807, 2.05) is 37.3 Å². The lowest BCUT2D eigenvalue weighted by atomic mass is 10.1. The smallest absolute Gasteiger partial charge is 0.292 e. The maximum Gasteiger partial charge on any atom is 0.292 e. The molecule has 3 rings (SSSR count). The third-order valence-corrected chi connectivity index (χ3v) is 3.75. The second kappa shape index (κ2) is 6.08. The van der Waals surface area contributed by atoms with Crippen LogP contribution in [0.15, 0.2) is 52.9 Å². The van der Waals surface area contributed by atoms with Crippen LogP contribution in [-0.2, 0) is 0 Å². The van der Waals surface area contributed by atoms with Crippen LogP contribution in [0, 0.1) is 20.8 Å². The molecule has 0 atom stereocenters. The van der Waals surface area contributed by atoms with Crippen LogP contribution in [0.25, 0.3) is 11.3 Å². The molecule has 4 heteroatoms. The molecule has 4 nitrogen and oxygen atoms in total. The highest BCUT2D eigenvalue weighted by atomic mass is 16.3. The molecule has 0 unspecified atom stereocenters. The molecule has 0 spiro atoms. The van der Waals surface area contributed by atoms with Crippen molar-refractivity contribution in [2.75, 3.05) is 5.32 Å². The zero-order chi connectivity index (χ0) is 16.4. The summed E-state index contributed by atoms with van der Waals surface area (Å²) in [5.74, 6) is 1.15. The number of hydrogen-bond acceptors (Lipinski definition) is 3. The van der Waals surface area contributed by atoms with E-state index in [9.17, 15) is 4.79 Å². The fourth-order valence-electron chi connectivity index (χ4n) is 2.30. The largest absolute Gasteiger partial charge is 0.451 e. The SMILES string of the molecule is Cc1cccc(NC(=O)c2ccc(-c3ccc(C)c(C)c3)o2)n1. The minimum atomic E-state index is -0.307. The first kappa shape index (κ1) is 15.0. The van der Waals surface area contributed by atoms with Gasteiger partial charge in [0, 0.05) is 11.3 Å². The average molecular weight is 306 g/mol. The van der Waals surface area contributed by atoms with Crippen molar-refractivity contribution >= 4 is 11.7 Å².